The van der Waals surface area contributed by atoms with Gasteiger partial charge in [-0.25, -0.2) is 4.39 Å². The molecule has 2 rings (SSSR count). The van der Waals surface area contributed by atoms with Crippen LogP contribution in [0.1, 0.15) is 12.8 Å². The van der Waals surface area contributed by atoms with Gasteiger partial charge in [-0.1, -0.05) is 15.9 Å². The monoisotopic (exact) mass is 364 g/mol. The lowest BCUT2D eigenvalue weighted by Crippen LogP contribution is -2.21. The van der Waals surface area contributed by atoms with Gasteiger partial charge in [-0.05, 0) is 25.0 Å². The Kier molecular flexibility index (Phi) is 5.63. The number of amides is 1. The van der Waals surface area contributed by atoms with Gasteiger partial charge in [-0.2, -0.15) is 0 Å². The average molecular weight is 366 g/mol. The molecule has 0 unspecified atom stereocenters. The summed E-state index contributed by atoms with van der Waals surface area (Å²) < 4.78 is 20.0. The molecule has 1 atom stereocenters. The molecule has 1 aromatic rings. The van der Waals surface area contributed by atoms with Gasteiger partial charge in [0, 0.05) is 17.6 Å². The van der Waals surface area contributed by atoms with Crippen molar-refractivity contribution in [3.8, 4) is 0 Å². The predicted molar refractivity (Wildman–Crippen MR) is 80.9 cm³/mol. The number of alkyl halides is 1. The van der Waals surface area contributed by atoms with Gasteiger partial charge in [0.25, 0.3) is 0 Å². The maximum Gasteiger partial charge on any atom is 0.239 e. The highest BCUT2D eigenvalue weighted by Crippen LogP contribution is 2.30. The van der Waals surface area contributed by atoms with Crippen LogP contribution in [0.2, 0.25) is 0 Å². The van der Waals surface area contributed by atoms with Crippen molar-refractivity contribution in [1.29, 1.82) is 0 Å². The molecule has 0 saturated carbocycles. The summed E-state index contributed by atoms with van der Waals surface area (Å²) in [5.41, 5.74) is 0.614. The molecule has 0 radical (unpaired) electrons. The summed E-state index contributed by atoms with van der Waals surface area (Å²) in [6.45, 7) is 1.33. The van der Waals surface area contributed by atoms with E-state index in [1.54, 1.807) is 6.07 Å². The molecule has 1 fully saturated rings. The number of carbonyl (C=O) groups excluding carboxylic acids is 1. The molecular formula is C13H15BrClFN2O2. The lowest BCUT2D eigenvalue weighted by molar-refractivity contribution is -0.113. The van der Waals surface area contributed by atoms with Crippen LogP contribution in [-0.4, -0.2) is 31.0 Å². The summed E-state index contributed by atoms with van der Waals surface area (Å²) in [5.74, 6) is -1.19. The highest BCUT2D eigenvalue weighted by Gasteiger charge is 2.17. The summed E-state index contributed by atoms with van der Waals surface area (Å²) in [6.07, 6.45) is 2.13. The van der Waals surface area contributed by atoms with Gasteiger partial charge in [-0.15, -0.1) is 11.6 Å². The highest BCUT2D eigenvalue weighted by atomic mass is 79.9. The molecule has 0 spiro atoms. The fraction of sp³-hybridized carbons (Fsp3) is 0.462. The summed E-state index contributed by atoms with van der Waals surface area (Å²) in [5, 5.41) is 5.57. The molecule has 0 bridgehead atoms. The molecule has 1 aromatic carbocycles. The predicted octanol–water partition coefficient (Wildman–Crippen LogP) is 3.36. The molecule has 1 aliphatic rings. The van der Waals surface area contributed by atoms with E-state index >= 15 is 0 Å². The number of hydrogen-bond acceptors (Lipinski definition) is 3. The van der Waals surface area contributed by atoms with Crippen molar-refractivity contribution in [3.63, 3.8) is 0 Å². The quantitative estimate of drug-likeness (QED) is 0.787. The van der Waals surface area contributed by atoms with Crippen LogP contribution >= 0.6 is 27.5 Å². The molecular weight excluding hydrogens is 351 g/mol. The standard InChI is InChI=1S/C13H15BrClFN2O2/c14-8-4-10(16)13(18-12(19)6-15)11(5-8)17-7-9-2-1-3-20-9/h4-5,9,17H,1-3,6-7H2,(H,18,19)/t9-/m0/s1. The zero-order valence-electron chi connectivity index (χ0n) is 10.7. The lowest BCUT2D eigenvalue weighted by atomic mass is 10.2. The van der Waals surface area contributed by atoms with Gasteiger partial charge in [-0.3, -0.25) is 4.79 Å². The van der Waals surface area contributed by atoms with E-state index in [4.69, 9.17) is 16.3 Å². The number of rotatable bonds is 5. The lowest BCUT2D eigenvalue weighted by Gasteiger charge is -2.16. The van der Waals surface area contributed by atoms with Gasteiger partial charge >= 0.3 is 0 Å². The Morgan fingerprint density at radius 3 is 3.00 bits per heavy atom. The fourth-order valence-corrected chi connectivity index (χ4v) is 2.54. The summed E-state index contributed by atoms with van der Waals surface area (Å²) in [7, 11) is 0. The van der Waals surface area contributed by atoms with E-state index in [-0.39, 0.29) is 17.7 Å². The first-order valence-electron chi connectivity index (χ1n) is 6.30. The van der Waals surface area contributed by atoms with Crippen molar-refractivity contribution >= 4 is 44.8 Å². The van der Waals surface area contributed by atoms with E-state index < -0.39 is 11.7 Å². The van der Waals surface area contributed by atoms with Gasteiger partial charge < -0.3 is 15.4 Å². The van der Waals surface area contributed by atoms with Gasteiger partial charge in [0.15, 0.2) is 0 Å². The first-order chi connectivity index (χ1) is 9.60. The van der Waals surface area contributed by atoms with E-state index in [1.165, 1.54) is 6.07 Å². The Hall–Kier alpha value is -0.850. The average Bonchev–Trinajstić information content (AvgIpc) is 2.92. The normalized spacial score (nSPS) is 18.1. The largest absolute Gasteiger partial charge is 0.381 e. The van der Waals surface area contributed by atoms with Crippen LogP contribution in [0.4, 0.5) is 15.8 Å². The smallest absolute Gasteiger partial charge is 0.239 e. The van der Waals surface area contributed by atoms with Crippen LogP contribution in [0.3, 0.4) is 0 Å². The van der Waals surface area contributed by atoms with Crippen molar-refractivity contribution in [1.82, 2.24) is 0 Å². The van der Waals surface area contributed by atoms with E-state index in [1.807, 2.05) is 0 Å². The van der Waals surface area contributed by atoms with E-state index in [0.717, 1.165) is 19.4 Å². The second-order valence-corrected chi connectivity index (χ2v) is 5.69. The van der Waals surface area contributed by atoms with E-state index in [0.29, 0.717) is 16.7 Å². The third-order valence-electron chi connectivity index (χ3n) is 2.98. The van der Waals surface area contributed by atoms with Crippen LogP contribution < -0.4 is 10.6 Å². The van der Waals surface area contributed by atoms with Crippen molar-refractivity contribution in [2.45, 2.75) is 18.9 Å². The summed E-state index contributed by atoms with van der Waals surface area (Å²) in [6, 6.07) is 3.00. The third kappa shape index (κ3) is 4.07. The Morgan fingerprint density at radius 2 is 2.35 bits per heavy atom. The number of carbonyl (C=O) groups is 1. The zero-order chi connectivity index (χ0) is 14.5. The number of hydrogen-bond donors (Lipinski definition) is 2. The number of halogens is 3. The molecule has 7 heteroatoms. The summed E-state index contributed by atoms with van der Waals surface area (Å²) in [4.78, 5) is 11.4. The minimum absolute atomic E-state index is 0.108. The number of ether oxygens (including phenoxy) is 1. The molecule has 1 amide bonds. The minimum Gasteiger partial charge on any atom is -0.381 e. The molecule has 2 N–H and O–H groups in total. The molecule has 1 heterocycles. The first kappa shape index (κ1) is 15.5. The molecule has 110 valence electrons. The van der Waals surface area contributed by atoms with Crippen LogP contribution in [0.15, 0.2) is 16.6 Å². The SMILES string of the molecule is O=C(CCl)Nc1c(F)cc(Br)cc1NC[C@@H]1CCCO1. The van der Waals surface area contributed by atoms with Gasteiger partial charge in [0.05, 0.1) is 11.8 Å². The second-order valence-electron chi connectivity index (χ2n) is 4.51. The maximum absolute atomic E-state index is 13.9. The van der Waals surface area contributed by atoms with Crippen LogP contribution in [0.5, 0.6) is 0 Å². The molecule has 1 aliphatic heterocycles. The van der Waals surface area contributed by atoms with Gasteiger partial charge in [0.1, 0.15) is 17.4 Å². The Bertz CT molecular complexity index is 496. The number of benzene rings is 1. The Morgan fingerprint density at radius 1 is 1.55 bits per heavy atom. The Balaban J connectivity index is 2.13. The van der Waals surface area contributed by atoms with Crippen molar-refractivity contribution in [3.05, 3.63) is 22.4 Å². The number of anilines is 2. The maximum atomic E-state index is 13.9. The van der Waals surface area contributed by atoms with Crippen LogP contribution in [0, 0.1) is 5.82 Å². The first-order valence-corrected chi connectivity index (χ1v) is 7.63. The third-order valence-corrected chi connectivity index (χ3v) is 3.69. The second kappa shape index (κ2) is 7.24. The highest BCUT2D eigenvalue weighted by molar-refractivity contribution is 9.10. The van der Waals surface area contributed by atoms with Crippen LogP contribution in [-0.2, 0) is 9.53 Å². The molecule has 0 aromatic heterocycles. The summed E-state index contributed by atoms with van der Waals surface area (Å²) >= 11 is 8.67. The van der Waals surface area contributed by atoms with Gasteiger partial charge in [0.2, 0.25) is 5.91 Å². The minimum atomic E-state index is -0.521. The van der Waals surface area contributed by atoms with E-state index in [9.17, 15) is 9.18 Å². The van der Waals surface area contributed by atoms with Crippen LogP contribution in [0.25, 0.3) is 0 Å². The van der Waals surface area contributed by atoms with Crippen molar-refractivity contribution in [2.24, 2.45) is 0 Å². The zero-order valence-corrected chi connectivity index (χ0v) is 13.1. The molecule has 1 saturated heterocycles. The van der Waals surface area contributed by atoms with E-state index in [2.05, 4.69) is 26.6 Å². The molecule has 4 nitrogen and oxygen atoms in total. The van der Waals surface area contributed by atoms with Crippen molar-refractivity contribution in [2.75, 3.05) is 29.7 Å². The molecule has 0 aliphatic carbocycles. The number of nitrogens with one attached hydrogen (secondary N) is 2. The topological polar surface area (TPSA) is 50.4 Å². The van der Waals surface area contributed by atoms with Crippen molar-refractivity contribution < 1.29 is 13.9 Å². The molecule has 20 heavy (non-hydrogen) atoms. The Labute approximate surface area is 130 Å². The fourth-order valence-electron chi connectivity index (χ4n) is 2.04.